The maximum Gasteiger partial charge on any atom is 0.313 e. The third kappa shape index (κ3) is 1.39. The van der Waals surface area contributed by atoms with Gasteiger partial charge in [-0.05, 0) is 0 Å². The van der Waals surface area contributed by atoms with E-state index in [1.54, 1.807) is 0 Å². The molecule has 70 valence electrons. The van der Waals surface area contributed by atoms with Gasteiger partial charge < -0.3 is 0 Å². The van der Waals surface area contributed by atoms with Crippen LogP contribution in [-0.2, 0) is 10.2 Å². The Balaban J connectivity index is 2.31. The second-order valence-corrected chi connectivity index (χ2v) is 3.73. The lowest BCUT2D eigenvalue weighted by Gasteiger charge is -2.17. The van der Waals surface area contributed by atoms with Gasteiger partial charge in [0.2, 0.25) is 0 Å². The average molecular weight is 202 g/mol. The molecule has 0 aromatic rings. The van der Waals surface area contributed by atoms with Crippen molar-refractivity contribution in [2.45, 2.75) is 0 Å². The van der Waals surface area contributed by atoms with E-state index < -0.39 is 10.2 Å². The molecule has 2 rings (SSSR count). The summed E-state index contributed by atoms with van der Waals surface area (Å²) in [5, 5.41) is 6.19. The molecule has 0 unspecified atom stereocenters. The lowest BCUT2D eigenvalue weighted by molar-refractivity contribution is 0.284. The molecule has 13 heavy (non-hydrogen) atoms. The van der Waals surface area contributed by atoms with Gasteiger partial charge in [-0.1, -0.05) is 0 Å². The molecule has 0 bridgehead atoms. The highest BCUT2D eigenvalue weighted by Gasteiger charge is 2.26. The molecule has 0 fully saturated rings. The van der Waals surface area contributed by atoms with Crippen molar-refractivity contribution in [3.63, 3.8) is 0 Å². The Morgan fingerprint density at radius 2 is 2.31 bits per heavy atom. The third-order valence-electron chi connectivity index (χ3n) is 1.40. The highest BCUT2D eigenvalue weighted by atomic mass is 32.2. The fourth-order valence-electron chi connectivity index (χ4n) is 0.853. The van der Waals surface area contributed by atoms with Gasteiger partial charge in [-0.25, -0.2) is 20.1 Å². The van der Waals surface area contributed by atoms with Crippen molar-refractivity contribution in [1.29, 1.82) is 0 Å². The zero-order chi connectivity index (χ0) is 9.47. The molecule has 0 saturated heterocycles. The minimum absolute atomic E-state index is 0.407. The van der Waals surface area contributed by atoms with E-state index in [0.29, 0.717) is 5.82 Å². The second kappa shape index (κ2) is 2.52. The molecule has 3 N–H and O–H groups in total. The Morgan fingerprint density at radius 3 is 2.92 bits per heavy atom. The van der Waals surface area contributed by atoms with Crippen LogP contribution in [0, 0.1) is 0 Å². The first-order valence-electron chi connectivity index (χ1n) is 3.23. The van der Waals surface area contributed by atoms with E-state index in [1.807, 2.05) is 0 Å². The van der Waals surface area contributed by atoms with Crippen molar-refractivity contribution < 1.29 is 8.42 Å². The lowest BCUT2D eigenvalue weighted by atomic mass is 10.7. The molecule has 0 saturated carbocycles. The van der Waals surface area contributed by atoms with Gasteiger partial charge in [0, 0.05) is 0 Å². The summed E-state index contributed by atoms with van der Waals surface area (Å²) >= 11 is 0. The molecule has 0 atom stereocenters. The van der Waals surface area contributed by atoms with Crippen LogP contribution >= 0.6 is 0 Å². The van der Waals surface area contributed by atoms with Crippen molar-refractivity contribution in [1.82, 2.24) is 15.0 Å². The first kappa shape index (κ1) is 8.16. The monoisotopic (exact) mass is 202 g/mol. The van der Waals surface area contributed by atoms with Crippen LogP contribution in [0.1, 0.15) is 0 Å². The Labute approximate surface area is 74.2 Å². The number of hydrogen-bond donors (Lipinski definition) is 2. The molecule has 2 aliphatic heterocycles. The summed E-state index contributed by atoms with van der Waals surface area (Å²) in [5.74, 6) is 0.407. The number of rotatable bonds is 1. The molecule has 0 spiro atoms. The van der Waals surface area contributed by atoms with E-state index in [2.05, 4.69) is 15.5 Å². The van der Waals surface area contributed by atoms with E-state index in [1.165, 1.54) is 23.9 Å². The molecule has 0 aliphatic carbocycles. The first-order valence-corrected chi connectivity index (χ1v) is 4.73. The summed E-state index contributed by atoms with van der Waals surface area (Å²) in [5.41, 5.74) is 2.43. The van der Waals surface area contributed by atoms with Gasteiger partial charge >= 0.3 is 10.2 Å². The summed E-state index contributed by atoms with van der Waals surface area (Å²) in [6.45, 7) is 0. The summed E-state index contributed by atoms with van der Waals surface area (Å²) in [4.78, 5) is 7.48. The minimum Gasteiger partial charge on any atom is -0.228 e. The van der Waals surface area contributed by atoms with E-state index in [-0.39, 0.29) is 0 Å². The zero-order valence-corrected chi connectivity index (χ0v) is 7.14. The van der Waals surface area contributed by atoms with Gasteiger partial charge in [0.05, 0.1) is 6.20 Å². The van der Waals surface area contributed by atoms with Gasteiger partial charge in [0.1, 0.15) is 12.7 Å². The van der Waals surface area contributed by atoms with E-state index in [4.69, 9.17) is 5.14 Å². The quantitative estimate of drug-likeness (QED) is 0.518. The van der Waals surface area contributed by atoms with Crippen molar-refractivity contribution in [3.8, 4) is 0 Å². The fraction of sp³-hybridized carbons (Fsp3) is 0. The van der Waals surface area contributed by atoms with Crippen molar-refractivity contribution >= 4 is 22.9 Å². The van der Waals surface area contributed by atoms with Crippen LogP contribution in [0.3, 0.4) is 0 Å². The lowest BCUT2D eigenvalue weighted by Crippen LogP contribution is -2.45. The molecule has 2 heterocycles. The van der Waals surface area contributed by atoms with E-state index in [0.717, 1.165) is 4.41 Å². The Hall–Kier alpha value is -1.45. The first-order chi connectivity index (χ1) is 6.07. The van der Waals surface area contributed by atoms with Gasteiger partial charge in [0.15, 0.2) is 5.82 Å². The molecular formula is C4H6N6O2S. The number of aliphatic imine (C=N–C) groups is 2. The number of nitrogens with one attached hydrogen (secondary N) is 1. The van der Waals surface area contributed by atoms with Crippen LogP contribution in [0.25, 0.3) is 0 Å². The number of hydrogen-bond acceptors (Lipinski definition) is 6. The topological polar surface area (TPSA) is 103 Å². The predicted octanol–water partition coefficient (Wildman–Crippen LogP) is -1.90. The van der Waals surface area contributed by atoms with Crippen LogP contribution < -0.4 is 10.7 Å². The average Bonchev–Trinajstić information content (AvgIpc) is 2.45. The van der Waals surface area contributed by atoms with Crippen LogP contribution in [-0.4, -0.2) is 30.5 Å². The van der Waals surface area contributed by atoms with Crippen LogP contribution in [0.4, 0.5) is 0 Å². The summed E-state index contributed by atoms with van der Waals surface area (Å²) < 4.78 is 22.4. The van der Waals surface area contributed by atoms with Gasteiger partial charge in [-0.2, -0.15) is 12.8 Å². The SMILES string of the molecule is NS(=O)(=O)N1C=C2N=CN=CN2N1. The molecule has 8 nitrogen and oxygen atoms in total. The molecule has 0 aromatic heterocycles. The third-order valence-corrected chi connectivity index (χ3v) is 2.13. The maximum atomic E-state index is 10.9. The summed E-state index contributed by atoms with van der Waals surface area (Å²) in [6.07, 6.45) is 3.93. The van der Waals surface area contributed by atoms with Crippen molar-refractivity contribution in [2.75, 3.05) is 0 Å². The summed E-state index contributed by atoms with van der Waals surface area (Å²) in [7, 11) is -3.79. The van der Waals surface area contributed by atoms with Crippen LogP contribution in [0.2, 0.25) is 0 Å². The Morgan fingerprint density at radius 1 is 1.54 bits per heavy atom. The van der Waals surface area contributed by atoms with E-state index >= 15 is 0 Å². The summed E-state index contributed by atoms with van der Waals surface area (Å²) in [6, 6.07) is 0. The Bertz CT molecular complexity index is 408. The largest absolute Gasteiger partial charge is 0.313 e. The number of fused-ring (bicyclic) bond motifs is 1. The fourth-order valence-corrected chi connectivity index (χ4v) is 1.30. The number of nitrogens with two attached hydrogens (primary N) is 1. The van der Waals surface area contributed by atoms with Crippen LogP contribution in [0.15, 0.2) is 22.0 Å². The highest BCUT2D eigenvalue weighted by molar-refractivity contribution is 7.86. The second-order valence-electron chi connectivity index (χ2n) is 2.31. The maximum absolute atomic E-state index is 10.9. The molecular weight excluding hydrogens is 196 g/mol. The minimum atomic E-state index is -3.79. The smallest absolute Gasteiger partial charge is 0.228 e. The molecule has 0 aromatic carbocycles. The molecule has 9 heteroatoms. The molecule has 2 aliphatic rings. The van der Waals surface area contributed by atoms with Gasteiger partial charge in [-0.3, -0.25) is 0 Å². The highest BCUT2D eigenvalue weighted by Crippen LogP contribution is 2.13. The van der Waals surface area contributed by atoms with Crippen LogP contribution in [0.5, 0.6) is 0 Å². The number of hydrazine groups is 2. The van der Waals surface area contributed by atoms with Gasteiger partial charge in [0.25, 0.3) is 0 Å². The Kier molecular flexibility index (Phi) is 1.58. The molecule has 0 radical (unpaired) electrons. The standard InChI is InChI=1S/C4H6N6O2S/c5-13(11,12)10-1-4-7-2-6-3-9(4)8-10/h1-3,8H,(H2,5,11,12). The predicted molar refractivity (Wildman–Crippen MR) is 45.0 cm³/mol. The molecule has 0 amide bonds. The van der Waals surface area contributed by atoms with Gasteiger partial charge in [-0.15, -0.1) is 5.53 Å². The van der Waals surface area contributed by atoms with Crippen molar-refractivity contribution in [2.24, 2.45) is 15.1 Å². The zero-order valence-electron chi connectivity index (χ0n) is 6.32. The number of nitrogens with zero attached hydrogens (tertiary/aromatic N) is 4. The van der Waals surface area contributed by atoms with Crippen molar-refractivity contribution in [3.05, 3.63) is 12.0 Å². The normalized spacial score (nSPS) is 20.5. The van der Waals surface area contributed by atoms with E-state index in [9.17, 15) is 8.42 Å².